The number of carbonyl (C=O) groups is 1. The van der Waals surface area contributed by atoms with Crippen LogP contribution in [0.1, 0.15) is 25.7 Å². The van der Waals surface area contributed by atoms with E-state index >= 15 is 0 Å². The van der Waals surface area contributed by atoms with Crippen molar-refractivity contribution in [1.82, 2.24) is 10.2 Å². The number of carbonyl (C=O) groups excluding carboxylic acids is 1. The van der Waals surface area contributed by atoms with Gasteiger partial charge in [0.25, 0.3) is 0 Å². The second kappa shape index (κ2) is 9.57. The molecule has 0 saturated carbocycles. The fourth-order valence-electron chi connectivity index (χ4n) is 1.90. The molecule has 110 valence electrons. The van der Waals surface area contributed by atoms with E-state index in [-0.39, 0.29) is 11.7 Å². The minimum absolute atomic E-state index is 0.187. The number of ether oxygens (including phenoxy) is 1. The Morgan fingerprint density at radius 1 is 1.26 bits per heavy atom. The van der Waals surface area contributed by atoms with Gasteiger partial charge in [0.2, 0.25) is 5.91 Å². The van der Waals surface area contributed by atoms with Crippen molar-refractivity contribution in [1.29, 1.82) is 0 Å². The fraction of sp³-hybridized carbons (Fsp3) is 0.833. The van der Waals surface area contributed by atoms with Gasteiger partial charge in [0.15, 0.2) is 0 Å². The lowest BCUT2D eigenvalue weighted by Gasteiger charge is -2.26. The summed E-state index contributed by atoms with van der Waals surface area (Å²) >= 11 is 0. The van der Waals surface area contributed by atoms with E-state index in [1.807, 2.05) is 4.90 Å². The zero-order valence-electron chi connectivity index (χ0n) is 11.3. The van der Waals surface area contributed by atoms with Gasteiger partial charge in [-0.05, 0) is 19.4 Å². The molecule has 0 aromatic carbocycles. The van der Waals surface area contributed by atoms with E-state index < -0.39 is 0 Å². The quantitative estimate of drug-likeness (QED) is 0.186. The highest BCUT2D eigenvalue weighted by molar-refractivity contribution is 5.79. The standard InChI is InChI=1S/C12H24N4O3/c13-11(15-18)3-1-2-5-14-6-4-12(17)16-7-9-19-10-8-16/h14,18H,1-10H2,(H2,13,15). The van der Waals surface area contributed by atoms with Gasteiger partial charge in [0, 0.05) is 32.5 Å². The molecule has 1 fully saturated rings. The largest absolute Gasteiger partial charge is 0.409 e. The molecule has 0 radical (unpaired) electrons. The number of hydrogen-bond acceptors (Lipinski definition) is 5. The smallest absolute Gasteiger partial charge is 0.224 e. The third-order valence-electron chi connectivity index (χ3n) is 3.04. The highest BCUT2D eigenvalue weighted by Gasteiger charge is 2.15. The Balaban J connectivity index is 1.94. The van der Waals surface area contributed by atoms with Crippen molar-refractivity contribution in [3.63, 3.8) is 0 Å². The van der Waals surface area contributed by atoms with Gasteiger partial charge < -0.3 is 25.9 Å². The van der Waals surface area contributed by atoms with E-state index in [2.05, 4.69) is 10.5 Å². The Morgan fingerprint density at radius 2 is 2.00 bits per heavy atom. The third-order valence-corrected chi connectivity index (χ3v) is 3.04. The molecule has 1 aliphatic rings. The number of rotatable bonds is 8. The molecule has 1 aliphatic heterocycles. The van der Waals surface area contributed by atoms with Gasteiger partial charge in [-0.25, -0.2) is 0 Å². The number of amidine groups is 1. The molecule has 7 nitrogen and oxygen atoms in total. The summed E-state index contributed by atoms with van der Waals surface area (Å²) in [7, 11) is 0. The van der Waals surface area contributed by atoms with E-state index in [1.165, 1.54) is 0 Å². The Kier molecular flexibility index (Phi) is 7.92. The van der Waals surface area contributed by atoms with Gasteiger partial charge in [-0.2, -0.15) is 0 Å². The lowest BCUT2D eigenvalue weighted by atomic mass is 10.2. The van der Waals surface area contributed by atoms with E-state index in [1.54, 1.807) is 0 Å². The summed E-state index contributed by atoms with van der Waals surface area (Å²) in [6.07, 6.45) is 2.95. The van der Waals surface area contributed by atoms with Crippen molar-refractivity contribution in [2.24, 2.45) is 10.9 Å². The average Bonchev–Trinajstić information content (AvgIpc) is 2.46. The van der Waals surface area contributed by atoms with Gasteiger partial charge in [-0.3, -0.25) is 4.79 Å². The highest BCUT2D eigenvalue weighted by atomic mass is 16.5. The maximum atomic E-state index is 11.8. The lowest BCUT2D eigenvalue weighted by Crippen LogP contribution is -2.41. The first-order valence-corrected chi connectivity index (χ1v) is 6.76. The number of nitrogens with two attached hydrogens (primary N) is 1. The fourth-order valence-corrected chi connectivity index (χ4v) is 1.90. The molecular formula is C12H24N4O3. The lowest BCUT2D eigenvalue weighted by molar-refractivity contribution is -0.135. The van der Waals surface area contributed by atoms with Crippen molar-refractivity contribution < 1.29 is 14.7 Å². The summed E-state index contributed by atoms with van der Waals surface area (Å²) in [4.78, 5) is 13.6. The molecule has 0 aromatic rings. The van der Waals surface area contributed by atoms with Gasteiger partial charge in [-0.1, -0.05) is 5.16 Å². The summed E-state index contributed by atoms with van der Waals surface area (Å²) < 4.78 is 5.20. The van der Waals surface area contributed by atoms with Gasteiger partial charge in [0.1, 0.15) is 5.84 Å². The van der Waals surface area contributed by atoms with Crippen LogP contribution in [-0.2, 0) is 9.53 Å². The molecule has 1 amide bonds. The summed E-state index contributed by atoms with van der Waals surface area (Å²) in [6.45, 7) is 4.24. The maximum Gasteiger partial charge on any atom is 0.224 e. The number of morpholine rings is 1. The first kappa shape index (κ1) is 15.7. The van der Waals surface area contributed by atoms with E-state index in [4.69, 9.17) is 15.7 Å². The topological polar surface area (TPSA) is 100 Å². The molecule has 0 spiro atoms. The SMILES string of the molecule is NC(CCCCNCCC(=O)N1CCOCC1)=NO. The van der Waals surface area contributed by atoms with Crippen molar-refractivity contribution in [2.75, 3.05) is 39.4 Å². The summed E-state index contributed by atoms with van der Waals surface area (Å²) in [5, 5.41) is 14.5. The van der Waals surface area contributed by atoms with Gasteiger partial charge in [0.05, 0.1) is 13.2 Å². The first-order chi connectivity index (χ1) is 9.24. The van der Waals surface area contributed by atoms with Crippen LogP contribution in [0.25, 0.3) is 0 Å². The van der Waals surface area contributed by atoms with Crippen LogP contribution < -0.4 is 11.1 Å². The minimum atomic E-state index is 0.187. The number of hydrogen-bond donors (Lipinski definition) is 3. The number of oxime groups is 1. The Bertz CT molecular complexity index is 291. The Hall–Kier alpha value is -1.34. The van der Waals surface area contributed by atoms with Crippen molar-refractivity contribution in [3.05, 3.63) is 0 Å². The first-order valence-electron chi connectivity index (χ1n) is 6.76. The maximum absolute atomic E-state index is 11.8. The molecule has 19 heavy (non-hydrogen) atoms. The third kappa shape index (κ3) is 6.97. The average molecular weight is 272 g/mol. The number of unbranched alkanes of at least 4 members (excludes halogenated alkanes) is 1. The van der Waals surface area contributed by atoms with Gasteiger partial charge >= 0.3 is 0 Å². The van der Waals surface area contributed by atoms with E-state index in [0.29, 0.717) is 45.7 Å². The predicted octanol–water partition coefficient (Wildman–Crippen LogP) is -0.258. The monoisotopic (exact) mass is 272 g/mol. The van der Waals surface area contributed by atoms with E-state index in [0.717, 1.165) is 19.4 Å². The molecule has 1 rings (SSSR count). The summed E-state index contributed by atoms with van der Waals surface area (Å²) in [5.74, 6) is 0.454. The second-order valence-electron chi connectivity index (χ2n) is 4.54. The second-order valence-corrected chi connectivity index (χ2v) is 4.54. The van der Waals surface area contributed by atoms with Gasteiger partial charge in [-0.15, -0.1) is 0 Å². The molecule has 1 saturated heterocycles. The number of nitrogens with zero attached hydrogens (tertiary/aromatic N) is 2. The van der Waals surface area contributed by atoms with Crippen LogP contribution in [0, 0.1) is 0 Å². The predicted molar refractivity (Wildman–Crippen MR) is 72.1 cm³/mol. The molecule has 0 unspecified atom stereocenters. The Labute approximate surface area is 113 Å². The van der Waals surface area contributed by atoms with Crippen LogP contribution in [0.15, 0.2) is 5.16 Å². The number of nitrogens with one attached hydrogen (secondary N) is 1. The minimum Gasteiger partial charge on any atom is -0.409 e. The molecule has 1 heterocycles. The molecule has 0 atom stereocenters. The van der Waals surface area contributed by atoms with Crippen LogP contribution in [-0.4, -0.2) is 61.2 Å². The van der Waals surface area contributed by atoms with Crippen LogP contribution in [0.4, 0.5) is 0 Å². The Morgan fingerprint density at radius 3 is 2.68 bits per heavy atom. The number of amides is 1. The summed E-state index contributed by atoms with van der Waals surface area (Å²) in [6, 6.07) is 0. The van der Waals surface area contributed by atoms with Crippen molar-refractivity contribution >= 4 is 11.7 Å². The zero-order valence-corrected chi connectivity index (χ0v) is 11.3. The molecule has 7 heteroatoms. The van der Waals surface area contributed by atoms with Crippen molar-refractivity contribution in [3.8, 4) is 0 Å². The molecule has 4 N–H and O–H groups in total. The molecular weight excluding hydrogens is 248 g/mol. The molecule has 0 bridgehead atoms. The van der Waals surface area contributed by atoms with Crippen LogP contribution in [0.2, 0.25) is 0 Å². The zero-order chi connectivity index (χ0) is 13.9. The molecule has 0 aliphatic carbocycles. The summed E-state index contributed by atoms with van der Waals surface area (Å²) in [5.41, 5.74) is 5.36. The van der Waals surface area contributed by atoms with Crippen molar-refractivity contribution in [2.45, 2.75) is 25.7 Å². The highest BCUT2D eigenvalue weighted by Crippen LogP contribution is 1.99. The normalized spacial score (nSPS) is 16.6. The molecule has 0 aromatic heterocycles. The van der Waals surface area contributed by atoms with Crippen LogP contribution in [0.5, 0.6) is 0 Å². The van der Waals surface area contributed by atoms with Crippen LogP contribution in [0.3, 0.4) is 0 Å². The van der Waals surface area contributed by atoms with E-state index in [9.17, 15) is 4.79 Å². The van der Waals surface area contributed by atoms with Crippen LogP contribution >= 0.6 is 0 Å².